The standard InChI is InChI=1S/C15H24N4O/c1-16-11-13-6-4-5-9-19(13)14-8-7-12(10-17-14)15(20)18(2)3/h7-8,10,13,16H,4-6,9,11H2,1-3H3. The number of nitrogens with zero attached hydrogens (tertiary/aromatic N) is 3. The maximum absolute atomic E-state index is 11.9. The Morgan fingerprint density at radius 2 is 2.25 bits per heavy atom. The largest absolute Gasteiger partial charge is 0.352 e. The van der Waals surface area contributed by atoms with Crippen LogP contribution in [0.15, 0.2) is 18.3 Å². The molecule has 0 aromatic carbocycles. The highest BCUT2D eigenvalue weighted by atomic mass is 16.2. The van der Waals surface area contributed by atoms with Crippen molar-refractivity contribution in [3.8, 4) is 0 Å². The highest BCUT2D eigenvalue weighted by Gasteiger charge is 2.23. The number of aromatic nitrogens is 1. The average molecular weight is 276 g/mol. The molecule has 0 radical (unpaired) electrons. The third kappa shape index (κ3) is 3.28. The molecule has 1 fully saturated rings. The van der Waals surface area contributed by atoms with Crippen molar-refractivity contribution in [3.63, 3.8) is 0 Å². The van der Waals surface area contributed by atoms with Crippen molar-refractivity contribution in [2.24, 2.45) is 0 Å². The van der Waals surface area contributed by atoms with E-state index < -0.39 is 0 Å². The molecule has 0 spiro atoms. The van der Waals surface area contributed by atoms with E-state index in [-0.39, 0.29) is 5.91 Å². The molecule has 2 heterocycles. The van der Waals surface area contributed by atoms with Crippen molar-refractivity contribution >= 4 is 11.7 Å². The summed E-state index contributed by atoms with van der Waals surface area (Å²) >= 11 is 0. The Balaban J connectivity index is 2.13. The summed E-state index contributed by atoms with van der Waals surface area (Å²) in [6.45, 7) is 2.01. The second-order valence-electron chi connectivity index (χ2n) is 5.51. The molecule has 1 amide bonds. The number of hydrogen-bond acceptors (Lipinski definition) is 4. The summed E-state index contributed by atoms with van der Waals surface area (Å²) in [5.74, 6) is 0.967. The summed E-state index contributed by atoms with van der Waals surface area (Å²) in [5.41, 5.74) is 0.640. The minimum Gasteiger partial charge on any atom is -0.352 e. The molecule has 1 aliphatic rings. The fourth-order valence-corrected chi connectivity index (χ4v) is 2.69. The number of likely N-dealkylation sites (N-methyl/N-ethyl adjacent to an activating group) is 1. The van der Waals surface area contributed by atoms with Crippen LogP contribution in [-0.2, 0) is 0 Å². The molecule has 5 nitrogen and oxygen atoms in total. The Morgan fingerprint density at radius 3 is 2.85 bits per heavy atom. The van der Waals surface area contributed by atoms with Gasteiger partial charge in [-0.05, 0) is 38.4 Å². The van der Waals surface area contributed by atoms with Gasteiger partial charge in [0.15, 0.2) is 0 Å². The predicted molar refractivity (Wildman–Crippen MR) is 81.2 cm³/mol. The summed E-state index contributed by atoms with van der Waals surface area (Å²) < 4.78 is 0. The summed E-state index contributed by atoms with van der Waals surface area (Å²) in [6.07, 6.45) is 5.37. The van der Waals surface area contributed by atoms with E-state index in [1.165, 1.54) is 19.3 Å². The molecule has 1 N–H and O–H groups in total. The quantitative estimate of drug-likeness (QED) is 0.902. The van der Waals surface area contributed by atoms with Crippen molar-refractivity contribution in [2.75, 3.05) is 39.1 Å². The molecule has 0 saturated carbocycles. The number of rotatable bonds is 4. The third-order valence-corrected chi connectivity index (χ3v) is 3.76. The first-order valence-electron chi connectivity index (χ1n) is 7.22. The SMILES string of the molecule is CNCC1CCCCN1c1ccc(C(=O)N(C)C)cn1. The Hall–Kier alpha value is -1.62. The first-order valence-corrected chi connectivity index (χ1v) is 7.22. The van der Waals surface area contributed by atoms with E-state index in [1.54, 1.807) is 25.2 Å². The number of anilines is 1. The van der Waals surface area contributed by atoms with Gasteiger partial charge >= 0.3 is 0 Å². The van der Waals surface area contributed by atoms with Crippen molar-refractivity contribution in [1.29, 1.82) is 0 Å². The lowest BCUT2D eigenvalue weighted by molar-refractivity contribution is 0.0827. The van der Waals surface area contributed by atoms with Crippen LogP contribution in [0.3, 0.4) is 0 Å². The number of nitrogens with one attached hydrogen (secondary N) is 1. The van der Waals surface area contributed by atoms with E-state index in [4.69, 9.17) is 0 Å². The maximum atomic E-state index is 11.9. The minimum atomic E-state index is -0.00512. The van der Waals surface area contributed by atoms with Gasteiger partial charge in [-0.1, -0.05) is 0 Å². The maximum Gasteiger partial charge on any atom is 0.254 e. The van der Waals surface area contributed by atoms with Crippen LogP contribution in [-0.4, -0.2) is 56.1 Å². The van der Waals surface area contributed by atoms with Crippen LogP contribution in [0.25, 0.3) is 0 Å². The molecule has 1 saturated heterocycles. The molecule has 1 aromatic rings. The number of piperidine rings is 1. The first-order chi connectivity index (χ1) is 9.63. The van der Waals surface area contributed by atoms with Crippen molar-refractivity contribution in [3.05, 3.63) is 23.9 Å². The molecule has 2 rings (SSSR count). The average Bonchev–Trinajstić information content (AvgIpc) is 2.47. The zero-order chi connectivity index (χ0) is 14.5. The molecule has 1 atom stereocenters. The fraction of sp³-hybridized carbons (Fsp3) is 0.600. The van der Waals surface area contributed by atoms with Gasteiger partial charge < -0.3 is 15.1 Å². The predicted octanol–water partition coefficient (Wildman–Crippen LogP) is 1.36. The smallest absolute Gasteiger partial charge is 0.254 e. The van der Waals surface area contributed by atoms with E-state index in [2.05, 4.69) is 15.2 Å². The summed E-state index contributed by atoms with van der Waals surface area (Å²) in [7, 11) is 5.49. The molecular weight excluding hydrogens is 252 g/mol. The molecule has 1 aromatic heterocycles. The first kappa shape index (κ1) is 14.8. The number of pyridine rings is 1. The fourth-order valence-electron chi connectivity index (χ4n) is 2.69. The van der Waals surface area contributed by atoms with Crippen molar-refractivity contribution in [2.45, 2.75) is 25.3 Å². The second-order valence-corrected chi connectivity index (χ2v) is 5.51. The molecule has 0 bridgehead atoms. The van der Waals surface area contributed by atoms with Gasteiger partial charge in [-0.15, -0.1) is 0 Å². The summed E-state index contributed by atoms with van der Waals surface area (Å²) in [5, 5.41) is 3.25. The van der Waals surface area contributed by atoms with Gasteiger partial charge in [-0.3, -0.25) is 4.79 Å². The molecule has 0 aliphatic carbocycles. The van der Waals surface area contributed by atoms with Gasteiger partial charge in [-0.2, -0.15) is 0 Å². The second kappa shape index (κ2) is 6.70. The van der Waals surface area contributed by atoms with E-state index >= 15 is 0 Å². The molecule has 20 heavy (non-hydrogen) atoms. The zero-order valence-corrected chi connectivity index (χ0v) is 12.6. The van der Waals surface area contributed by atoms with E-state index in [1.807, 2.05) is 19.2 Å². The van der Waals surface area contributed by atoms with Crippen molar-refractivity contribution in [1.82, 2.24) is 15.2 Å². The van der Waals surface area contributed by atoms with Crippen LogP contribution >= 0.6 is 0 Å². The molecule has 1 unspecified atom stereocenters. The molecular formula is C15H24N4O. The van der Waals surface area contributed by atoms with Crippen LogP contribution < -0.4 is 10.2 Å². The summed E-state index contributed by atoms with van der Waals surface area (Å²) in [4.78, 5) is 20.3. The topological polar surface area (TPSA) is 48.5 Å². The molecule has 110 valence electrons. The van der Waals surface area contributed by atoms with Crippen LogP contribution in [0, 0.1) is 0 Å². The number of carbonyl (C=O) groups is 1. The van der Waals surface area contributed by atoms with Gasteiger partial charge in [0.05, 0.1) is 5.56 Å². The minimum absolute atomic E-state index is 0.00512. The van der Waals surface area contributed by atoms with Crippen LogP contribution in [0.2, 0.25) is 0 Å². The highest BCUT2D eigenvalue weighted by molar-refractivity contribution is 5.93. The lowest BCUT2D eigenvalue weighted by Crippen LogP contribution is -2.45. The van der Waals surface area contributed by atoms with Crippen LogP contribution in [0.5, 0.6) is 0 Å². The number of carbonyl (C=O) groups excluding carboxylic acids is 1. The van der Waals surface area contributed by atoms with Gasteiger partial charge in [0, 0.05) is 39.4 Å². The molecule has 5 heteroatoms. The highest BCUT2D eigenvalue weighted by Crippen LogP contribution is 2.23. The van der Waals surface area contributed by atoms with E-state index in [0.717, 1.165) is 18.9 Å². The van der Waals surface area contributed by atoms with E-state index in [0.29, 0.717) is 11.6 Å². The van der Waals surface area contributed by atoms with Gasteiger partial charge in [-0.25, -0.2) is 4.98 Å². The van der Waals surface area contributed by atoms with Crippen LogP contribution in [0.4, 0.5) is 5.82 Å². The Kier molecular flexibility index (Phi) is 4.95. The third-order valence-electron chi connectivity index (χ3n) is 3.76. The van der Waals surface area contributed by atoms with Crippen molar-refractivity contribution < 1.29 is 4.79 Å². The van der Waals surface area contributed by atoms with E-state index in [9.17, 15) is 4.79 Å². The Morgan fingerprint density at radius 1 is 1.45 bits per heavy atom. The lowest BCUT2D eigenvalue weighted by Gasteiger charge is -2.36. The van der Waals surface area contributed by atoms with Gasteiger partial charge in [0.25, 0.3) is 5.91 Å². The summed E-state index contributed by atoms with van der Waals surface area (Å²) in [6, 6.07) is 4.33. The normalized spacial score (nSPS) is 18.9. The monoisotopic (exact) mass is 276 g/mol. The Bertz CT molecular complexity index is 442. The zero-order valence-electron chi connectivity index (χ0n) is 12.6. The Labute approximate surface area is 121 Å². The lowest BCUT2D eigenvalue weighted by atomic mass is 10.0. The number of amides is 1. The van der Waals surface area contributed by atoms with Gasteiger partial charge in [0.2, 0.25) is 0 Å². The molecule has 1 aliphatic heterocycles. The van der Waals surface area contributed by atoms with Crippen LogP contribution in [0.1, 0.15) is 29.6 Å². The van der Waals surface area contributed by atoms with Gasteiger partial charge in [0.1, 0.15) is 5.82 Å². The number of hydrogen-bond donors (Lipinski definition) is 1.